The topological polar surface area (TPSA) is 46.6 Å². The van der Waals surface area contributed by atoms with E-state index in [4.69, 9.17) is 4.74 Å². The molecule has 21 heavy (non-hydrogen) atoms. The van der Waals surface area contributed by atoms with Crippen molar-refractivity contribution in [1.29, 1.82) is 0 Å². The number of halogens is 2. The molecule has 2 rings (SSSR count). The van der Waals surface area contributed by atoms with Crippen LogP contribution in [-0.4, -0.2) is 30.4 Å². The summed E-state index contributed by atoms with van der Waals surface area (Å²) >= 11 is 0. The van der Waals surface area contributed by atoms with Gasteiger partial charge in [-0.15, -0.1) is 0 Å². The molecule has 1 saturated carbocycles. The summed E-state index contributed by atoms with van der Waals surface area (Å²) in [4.78, 5) is 25.5. The molecule has 1 fully saturated rings. The molecule has 0 radical (unpaired) electrons. The molecule has 4 nitrogen and oxygen atoms in total. The van der Waals surface area contributed by atoms with E-state index in [0.29, 0.717) is 12.8 Å². The maximum Gasteiger partial charge on any atom is 0.321 e. The zero-order chi connectivity index (χ0) is 15.6. The van der Waals surface area contributed by atoms with Crippen molar-refractivity contribution in [3.8, 4) is 0 Å². The molecule has 1 aliphatic carbocycles. The number of rotatable bonds is 5. The molecule has 1 aromatic carbocycles. The zero-order valence-corrected chi connectivity index (χ0v) is 12.0. The van der Waals surface area contributed by atoms with Crippen molar-refractivity contribution in [3.05, 3.63) is 35.4 Å². The SMILES string of the molecule is CCOC(=O)C1(C(=O)N(C)Cc2ccc(F)cc2F)CC1. The number of carbonyl (C=O) groups is 2. The van der Waals surface area contributed by atoms with Crippen molar-refractivity contribution < 1.29 is 23.1 Å². The number of esters is 1. The lowest BCUT2D eigenvalue weighted by Gasteiger charge is -2.22. The highest BCUT2D eigenvalue weighted by Gasteiger charge is 2.59. The first-order valence-corrected chi connectivity index (χ1v) is 6.77. The number of hydrogen-bond donors (Lipinski definition) is 0. The Hall–Kier alpha value is -1.98. The first-order valence-electron chi connectivity index (χ1n) is 6.77. The highest BCUT2D eigenvalue weighted by atomic mass is 19.1. The number of ether oxygens (including phenoxy) is 1. The standard InChI is InChI=1S/C15H17F2NO3/c1-3-21-14(20)15(6-7-15)13(19)18(2)9-10-4-5-11(16)8-12(10)17/h4-5,8H,3,6-7,9H2,1-2H3. The number of nitrogens with zero attached hydrogens (tertiary/aromatic N) is 1. The Labute approximate surface area is 121 Å². The van der Waals surface area contributed by atoms with Crippen LogP contribution in [0.5, 0.6) is 0 Å². The number of amides is 1. The Morgan fingerprint density at radius 1 is 1.33 bits per heavy atom. The molecule has 114 valence electrons. The Bertz CT molecular complexity index is 570. The van der Waals surface area contributed by atoms with Crippen LogP contribution >= 0.6 is 0 Å². The number of benzene rings is 1. The molecule has 1 aromatic rings. The van der Waals surface area contributed by atoms with Gasteiger partial charge in [-0.25, -0.2) is 8.78 Å². The van der Waals surface area contributed by atoms with Crippen LogP contribution in [0.25, 0.3) is 0 Å². The van der Waals surface area contributed by atoms with E-state index in [2.05, 4.69) is 0 Å². The third kappa shape index (κ3) is 3.04. The second kappa shape index (κ2) is 5.79. The van der Waals surface area contributed by atoms with Gasteiger partial charge in [-0.1, -0.05) is 6.07 Å². The normalized spacial score (nSPS) is 15.4. The summed E-state index contributed by atoms with van der Waals surface area (Å²) in [5, 5.41) is 0. The maximum atomic E-state index is 13.6. The monoisotopic (exact) mass is 297 g/mol. The second-order valence-electron chi connectivity index (χ2n) is 5.20. The Morgan fingerprint density at radius 2 is 2.00 bits per heavy atom. The van der Waals surface area contributed by atoms with E-state index in [1.807, 2.05) is 0 Å². The van der Waals surface area contributed by atoms with Crippen LogP contribution in [0, 0.1) is 17.0 Å². The van der Waals surface area contributed by atoms with Crippen LogP contribution in [0.3, 0.4) is 0 Å². The van der Waals surface area contributed by atoms with Gasteiger partial charge in [0.1, 0.15) is 17.0 Å². The molecule has 0 unspecified atom stereocenters. The molecule has 0 aromatic heterocycles. The lowest BCUT2D eigenvalue weighted by atomic mass is 10.1. The van der Waals surface area contributed by atoms with E-state index < -0.39 is 23.0 Å². The predicted octanol–water partition coefficient (Wildman–Crippen LogP) is 2.27. The van der Waals surface area contributed by atoms with E-state index in [1.54, 1.807) is 6.92 Å². The van der Waals surface area contributed by atoms with E-state index >= 15 is 0 Å². The number of carbonyl (C=O) groups excluding carboxylic acids is 2. The largest absolute Gasteiger partial charge is 0.465 e. The van der Waals surface area contributed by atoms with Crippen LogP contribution in [0.1, 0.15) is 25.3 Å². The third-order valence-electron chi connectivity index (χ3n) is 3.59. The minimum Gasteiger partial charge on any atom is -0.465 e. The second-order valence-corrected chi connectivity index (χ2v) is 5.20. The molecule has 0 bridgehead atoms. The van der Waals surface area contributed by atoms with E-state index in [1.165, 1.54) is 18.0 Å². The van der Waals surface area contributed by atoms with Gasteiger partial charge in [-0.05, 0) is 25.8 Å². The Morgan fingerprint density at radius 3 is 2.52 bits per heavy atom. The molecule has 1 aliphatic rings. The molecule has 0 N–H and O–H groups in total. The smallest absolute Gasteiger partial charge is 0.321 e. The van der Waals surface area contributed by atoms with Crippen molar-refractivity contribution in [2.45, 2.75) is 26.3 Å². The van der Waals surface area contributed by atoms with Crippen LogP contribution in [0.15, 0.2) is 18.2 Å². The molecule has 0 atom stereocenters. The summed E-state index contributed by atoms with van der Waals surface area (Å²) < 4.78 is 31.4. The summed E-state index contributed by atoms with van der Waals surface area (Å²) in [6.07, 6.45) is 0.891. The summed E-state index contributed by atoms with van der Waals surface area (Å²) in [6.45, 7) is 1.87. The zero-order valence-electron chi connectivity index (χ0n) is 12.0. The van der Waals surface area contributed by atoms with Gasteiger partial charge in [0, 0.05) is 25.2 Å². The molecule has 0 heterocycles. The first kappa shape index (κ1) is 15.4. The Balaban J connectivity index is 2.08. The minimum atomic E-state index is -1.11. The van der Waals surface area contributed by atoms with Gasteiger partial charge in [0.15, 0.2) is 0 Å². The van der Waals surface area contributed by atoms with Gasteiger partial charge in [0.2, 0.25) is 5.91 Å². The average molecular weight is 297 g/mol. The van der Waals surface area contributed by atoms with Gasteiger partial charge in [-0.3, -0.25) is 9.59 Å². The highest BCUT2D eigenvalue weighted by molar-refractivity contribution is 6.05. The van der Waals surface area contributed by atoms with E-state index in [-0.39, 0.29) is 24.6 Å². The fourth-order valence-corrected chi connectivity index (χ4v) is 2.24. The lowest BCUT2D eigenvalue weighted by Crippen LogP contribution is -2.39. The summed E-state index contributed by atoms with van der Waals surface area (Å²) in [7, 11) is 1.49. The van der Waals surface area contributed by atoms with Crippen LogP contribution in [0.4, 0.5) is 8.78 Å². The highest BCUT2D eigenvalue weighted by Crippen LogP contribution is 2.48. The van der Waals surface area contributed by atoms with Gasteiger partial charge in [0.05, 0.1) is 6.61 Å². The van der Waals surface area contributed by atoms with Gasteiger partial charge < -0.3 is 9.64 Å². The van der Waals surface area contributed by atoms with Gasteiger partial charge in [-0.2, -0.15) is 0 Å². The molecule has 6 heteroatoms. The predicted molar refractivity (Wildman–Crippen MR) is 71.1 cm³/mol. The van der Waals surface area contributed by atoms with Crippen molar-refractivity contribution in [2.24, 2.45) is 5.41 Å². The molecular formula is C15H17F2NO3. The minimum absolute atomic E-state index is 0.0217. The first-order chi connectivity index (χ1) is 9.90. The summed E-state index contributed by atoms with van der Waals surface area (Å²) in [5.74, 6) is -2.29. The van der Waals surface area contributed by atoms with Crippen LogP contribution in [0.2, 0.25) is 0 Å². The van der Waals surface area contributed by atoms with Crippen LogP contribution in [-0.2, 0) is 20.9 Å². The van der Waals surface area contributed by atoms with Gasteiger partial charge >= 0.3 is 5.97 Å². The molecule has 0 saturated heterocycles. The average Bonchev–Trinajstić information content (AvgIpc) is 3.23. The van der Waals surface area contributed by atoms with E-state index in [9.17, 15) is 18.4 Å². The van der Waals surface area contributed by atoms with Crippen molar-refractivity contribution in [3.63, 3.8) is 0 Å². The van der Waals surface area contributed by atoms with Crippen LogP contribution < -0.4 is 0 Å². The number of hydrogen-bond acceptors (Lipinski definition) is 3. The van der Waals surface area contributed by atoms with E-state index in [0.717, 1.165) is 12.1 Å². The van der Waals surface area contributed by atoms with Crippen molar-refractivity contribution in [2.75, 3.05) is 13.7 Å². The van der Waals surface area contributed by atoms with Gasteiger partial charge in [0.25, 0.3) is 0 Å². The summed E-state index contributed by atoms with van der Waals surface area (Å²) in [5.41, 5.74) is -0.909. The quantitative estimate of drug-likeness (QED) is 0.618. The van der Waals surface area contributed by atoms with Crippen molar-refractivity contribution in [1.82, 2.24) is 4.90 Å². The molecule has 1 amide bonds. The Kier molecular flexibility index (Phi) is 4.25. The van der Waals surface area contributed by atoms with Crippen molar-refractivity contribution >= 4 is 11.9 Å². The molecular weight excluding hydrogens is 280 g/mol. The third-order valence-corrected chi connectivity index (χ3v) is 3.59. The molecule has 0 aliphatic heterocycles. The maximum absolute atomic E-state index is 13.6. The fourth-order valence-electron chi connectivity index (χ4n) is 2.24. The fraction of sp³-hybridized carbons (Fsp3) is 0.467. The summed E-state index contributed by atoms with van der Waals surface area (Å²) in [6, 6.07) is 3.19. The molecule has 0 spiro atoms. The lowest BCUT2D eigenvalue weighted by molar-refractivity contribution is -0.157.